The highest BCUT2D eigenvalue weighted by atomic mass is 79.9. The Balaban J connectivity index is 1.54. The van der Waals surface area contributed by atoms with E-state index in [4.69, 9.17) is 23.7 Å². The van der Waals surface area contributed by atoms with Gasteiger partial charge in [0, 0.05) is 28.5 Å². The lowest BCUT2D eigenvalue weighted by Crippen LogP contribution is -2.35. The Labute approximate surface area is 222 Å². The first kappa shape index (κ1) is 23.9. The molecule has 0 saturated carbocycles. The van der Waals surface area contributed by atoms with Crippen LogP contribution in [-0.4, -0.2) is 45.7 Å². The number of methoxy groups -OCH3 is 3. The number of halogens is 1. The summed E-state index contributed by atoms with van der Waals surface area (Å²) < 4.78 is 29.0. The molecule has 0 aromatic heterocycles. The molecule has 1 amide bonds. The number of amides is 1. The Morgan fingerprint density at radius 2 is 1.54 bits per heavy atom. The van der Waals surface area contributed by atoms with Crippen molar-refractivity contribution in [2.45, 2.75) is 12.0 Å². The van der Waals surface area contributed by atoms with Crippen molar-refractivity contribution in [3.8, 4) is 28.7 Å². The van der Waals surface area contributed by atoms with Gasteiger partial charge in [-0.3, -0.25) is 4.79 Å². The highest BCUT2D eigenvalue weighted by Crippen LogP contribution is 2.56. The number of benzene rings is 3. The molecular formula is C28H26BrNO7. The second-order valence-corrected chi connectivity index (χ2v) is 10.2. The quantitative estimate of drug-likeness (QED) is 0.479. The average molecular weight is 568 g/mol. The molecule has 37 heavy (non-hydrogen) atoms. The maximum atomic E-state index is 14.1. The molecule has 3 aliphatic rings. The molecule has 8 nitrogen and oxygen atoms in total. The van der Waals surface area contributed by atoms with E-state index in [2.05, 4.69) is 15.9 Å². The van der Waals surface area contributed by atoms with Crippen molar-refractivity contribution in [2.75, 3.05) is 39.6 Å². The summed E-state index contributed by atoms with van der Waals surface area (Å²) in [5.74, 6) is 1.36. The smallest absolute Gasteiger partial charge is 0.231 e. The van der Waals surface area contributed by atoms with Crippen molar-refractivity contribution in [1.29, 1.82) is 0 Å². The van der Waals surface area contributed by atoms with Crippen LogP contribution in [0.3, 0.4) is 0 Å². The van der Waals surface area contributed by atoms with Crippen molar-refractivity contribution < 1.29 is 33.6 Å². The van der Waals surface area contributed by atoms with E-state index < -0.39 is 12.0 Å². The lowest BCUT2D eigenvalue weighted by Gasteiger charge is -2.37. The summed E-state index contributed by atoms with van der Waals surface area (Å²) in [6.45, 7) is 0.507. The summed E-state index contributed by atoms with van der Waals surface area (Å²) in [4.78, 5) is 15.9. The third-order valence-electron chi connectivity index (χ3n) is 7.59. The minimum Gasteiger partial charge on any atom is -0.493 e. The van der Waals surface area contributed by atoms with Crippen molar-refractivity contribution in [2.24, 2.45) is 11.8 Å². The van der Waals surface area contributed by atoms with Crippen LogP contribution in [-0.2, 0) is 4.79 Å². The fourth-order valence-electron chi connectivity index (χ4n) is 5.91. The van der Waals surface area contributed by atoms with Crippen LogP contribution in [0.4, 0.5) is 5.69 Å². The zero-order chi connectivity index (χ0) is 25.8. The van der Waals surface area contributed by atoms with Gasteiger partial charge in [0.1, 0.15) is 0 Å². The Morgan fingerprint density at radius 1 is 0.919 bits per heavy atom. The Morgan fingerprint density at radius 3 is 2.14 bits per heavy atom. The maximum Gasteiger partial charge on any atom is 0.231 e. The number of ether oxygens (including phenoxy) is 5. The van der Waals surface area contributed by atoms with Gasteiger partial charge in [-0.25, -0.2) is 0 Å². The Hall–Kier alpha value is -3.43. The van der Waals surface area contributed by atoms with Gasteiger partial charge in [-0.15, -0.1) is 0 Å². The number of rotatable bonds is 5. The first-order chi connectivity index (χ1) is 17.9. The number of carbonyl (C=O) groups excluding carboxylic acids is 1. The van der Waals surface area contributed by atoms with Crippen molar-refractivity contribution in [1.82, 2.24) is 0 Å². The lowest BCUT2D eigenvalue weighted by atomic mass is 9.66. The molecule has 1 fully saturated rings. The second kappa shape index (κ2) is 9.15. The highest BCUT2D eigenvalue weighted by molar-refractivity contribution is 9.10. The topological polar surface area (TPSA) is 86.7 Å². The minimum atomic E-state index is -0.850. The number of nitrogens with zero attached hydrogens (tertiary/aromatic N) is 1. The van der Waals surface area contributed by atoms with Gasteiger partial charge < -0.3 is 33.7 Å². The number of anilines is 1. The SMILES string of the molecule is COc1cc([C@@H]2c3cc4c(cc3[C@H](O)[C@H]3CN(c5ccc(Br)cc5)C(=O)[C@@H]23)OCO4)cc(OC)c1OC. The molecule has 3 aromatic carbocycles. The van der Waals surface area contributed by atoms with Gasteiger partial charge in [0.2, 0.25) is 18.4 Å². The van der Waals surface area contributed by atoms with E-state index in [1.54, 1.807) is 26.2 Å². The van der Waals surface area contributed by atoms with Gasteiger partial charge in [-0.2, -0.15) is 0 Å². The Kier molecular flexibility index (Phi) is 5.92. The monoisotopic (exact) mass is 567 g/mol. The summed E-state index contributed by atoms with van der Waals surface area (Å²) in [7, 11) is 4.69. The normalized spacial score (nSPS) is 23.5. The molecule has 192 valence electrons. The van der Waals surface area contributed by atoms with E-state index in [0.717, 1.165) is 26.9 Å². The van der Waals surface area contributed by atoms with E-state index in [1.165, 1.54) is 0 Å². The molecule has 0 radical (unpaired) electrons. The van der Waals surface area contributed by atoms with Gasteiger partial charge in [0.05, 0.1) is 33.4 Å². The van der Waals surface area contributed by atoms with Gasteiger partial charge in [-0.1, -0.05) is 15.9 Å². The standard InChI is InChI=1S/C28H26BrNO7/c1-33-22-8-14(9-23(34-2)27(22)35-3)24-17-10-20-21(37-13-36-20)11-18(17)26(31)19-12-30(28(32)25(19)24)16-6-4-15(29)5-7-16/h4-11,19,24-26,31H,12-13H2,1-3H3/t19-,24+,25+,26-/m0/s1. The van der Waals surface area contributed by atoms with Crippen LogP contribution >= 0.6 is 15.9 Å². The molecule has 3 aromatic rings. The van der Waals surface area contributed by atoms with E-state index >= 15 is 0 Å². The maximum absolute atomic E-state index is 14.1. The molecule has 0 bridgehead atoms. The average Bonchev–Trinajstić information content (AvgIpc) is 3.52. The lowest BCUT2D eigenvalue weighted by molar-refractivity contribution is -0.122. The molecular weight excluding hydrogens is 542 g/mol. The largest absolute Gasteiger partial charge is 0.493 e. The summed E-state index contributed by atoms with van der Waals surface area (Å²) in [6.07, 6.45) is -0.850. The first-order valence-electron chi connectivity index (χ1n) is 11.9. The van der Waals surface area contributed by atoms with Crippen molar-refractivity contribution in [3.05, 3.63) is 69.7 Å². The molecule has 1 aliphatic carbocycles. The van der Waals surface area contributed by atoms with E-state index in [9.17, 15) is 9.90 Å². The Bertz CT molecular complexity index is 1350. The molecule has 6 rings (SSSR count). The molecule has 9 heteroatoms. The first-order valence-corrected chi connectivity index (χ1v) is 12.7. The van der Waals surface area contributed by atoms with Crippen LogP contribution in [0.2, 0.25) is 0 Å². The van der Waals surface area contributed by atoms with Crippen LogP contribution in [0, 0.1) is 11.8 Å². The number of fused-ring (bicyclic) bond motifs is 3. The molecule has 0 spiro atoms. The van der Waals surface area contributed by atoms with Gasteiger partial charge in [0.15, 0.2) is 23.0 Å². The van der Waals surface area contributed by atoms with Crippen molar-refractivity contribution >= 4 is 27.5 Å². The highest BCUT2D eigenvalue weighted by Gasteiger charge is 2.53. The fraction of sp³-hybridized carbons (Fsp3) is 0.321. The van der Waals surface area contributed by atoms with Gasteiger partial charge in [-0.05, 0) is 65.2 Å². The molecule has 2 heterocycles. The van der Waals surface area contributed by atoms with Crippen LogP contribution in [0.1, 0.15) is 28.7 Å². The van der Waals surface area contributed by atoms with Crippen LogP contribution < -0.4 is 28.6 Å². The number of hydrogen-bond donors (Lipinski definition) is 1. The summed E-state index contributed by atoms with van der Waals surface area (Å²) in [6, 6.07) is 15.1. The van der Waals surface area contributed by atoms with Gasteiger partial charge >= 0.3 is 0 Å². The number of hydrogen-bond acceptors (Lipinski definition) is 7. The molecule has 4 atom stereocenters. The minimum absolute atomic E-state index is 0.0477. The van der Waals surface area contributed by atoms with Crippen molar-refractivity contribution in [3.63, 3.8) is 0 Å². The number of carbonyl (C=O) groups is 1. The third kappa shape index (κ3) is 3.71. The molecule has 0 unspecified atom stereocenters. The third-order valence-corrected chi connectivity index (χ3v) is 8.12. The second-order valence-electron chi connectivity index (χ2n) is 9.33. The number of aliphatic hydroxyl groups is 1. The van der Waals surface area contributed by atoms with Crippen LogP contribution in [0.15, 0.2) is 53.0 Å². The zero-order valence-electron chi connectivity index (χ0n) is 20.6. The predicted octanol–water partition coefficient (Wildman–Crippen LogP) is 4.66. The summed E-state index contributed by atoms with van der Waals surface area (Å²) in [5, 5.41) is 11.6. The summed E-state index contributed by atoms with van der Waals surface area (Å²) in [5.41, 5.74) is 3.16. The van der Waals surface area contributed by atoms with E-state index in [1.807, 2.05) is 48.5 Å². The number of aliphatic hydroxyl groups excluding tert-OH is 1. The van der Waals surface area contributed by atoms with Gasteiger partial charge in [0.25, 0.3) is 0 Å². The zero-order valence-corrected chi connectivity index (χ0v) is 22.2. The van der Waals surface area contributed by atoms with E-state index in [-0.39, 0.29) is 24.5 Å². The molecule has 2 aliphatic heterocycles. The molecule has 1 N–H and O–H groups in total. The van der Waals surface area contributed by atoms with Crippen LogP contribution in [0.5, 0.6) is 28.7 Å². The summed E-state index contributed by atoms with van der Waals surface area (Å²) >= 11 is 3.46. The predicted molar refractivity (Wildman–Crippen MR) is 139 cm³/mol. The van der Waals surface area contributed by atoms with Crippen LogP contribution in [0.25, 0.3) is 0 Å². The molecule has 1 saturated heterocycles. The fourth-order valence-corrected chi connectivity index (χ4v) is 6.17. The van der Waals surface area contributed by atoms with E-state index in [0.29, 0.717) is 35.3 Å².